The van der Waals surface area contributed by atoms with Gasteiger partial charge in [-0.25, -0.2) is 4.98 Å². The van der Waals surface area contributed by atoms with Crippen LogP contribution in [0, 0.1) is 0 Å². The SMILES string of the molecule is COC(=O)C(c1ccc(N)cc1)c1ccc2ocnc2c1. The van der Waals surface area contributed by atoms with Crippen LogP contribution >= 0.6 is 0 Å². The molecule has 0 spiro atoms. The Kier molecular flexibility index (Phi) is 3.31. The molecule has 1 atom stereocenters. The maximum absolute atomic E-state index is 12.2. The second-order valence-corrected chi connectivity index (χ2v) is 4.70. The molecular formula is C16H14N2O3. The van der Waals surface area contributed by atoms with Crippen LogP contribution in [0.3, 0.4) is 0 Å². The number of methoxy groups -OCH3 is 1. The number of benzene rings is 2. The van der Waals surface area contributed by atoms with Crippen molar-refractivity contribution in [2.75, 3.05) is 12.8 Å². The van der Waals surface area contributed by atoms with Crippen LogP contribution in [-0.4, -0.2) is 18.1 Å². The molecule has 5 heteroatoms. The zero-order valence-corrected chi connectivity index (χ0v) is 11.4. The normalized spacial score (nSPS) is 12.2. The van der Waals surface area contributed by atoms with E-state index in [-0.39, 0.29) is 5.97 Å². The van der Waals surface area contributed by atoms with Crippen molar-refractivity contribution in [1.82, 2.24) is 4.98 Å². The largest absolute Gasteiger partial charge is 0.468 e. The molecular weight excluding hydrogens is 268 g/mol. The van der Waals surface area contributed by atoms with Gasteiger partial charge in [0.05, 0.1) is 7.11 Å². The molecule has 0 saturated carbocycles. The number of aromatic nitrogens is 1. The zero-order chi connectivity index (χ0) is 14.8. The summed E-state index contributed by atoms with van der Waals surface area (Å²) in [5, 5.41) is 0. The van der Waals surface area contributed by atoms with Gasteiger partial charge in [0.15, 0.2) is 12.0 Å². The van der Waals surface area contributed by atoms with Gasteiger partial charge in [0, 0.05) is 5.69 Å². The molecule has 0 radical (unpaired) electrons. The van der Waals surface area contributed by atoms with Crippen molar-refractivity contribution in [3.63, 3.8) is 0 Å². The number of anilines is 1. The molecule has 2 aromatic carbocycles. The summed E-state index contributed by atoms with van der Waals surface area (Å²) in [6.45, 7) is 0. The Morgan fingerprint density at radius 3 is 2.62 bits per heavy atom. The fourth-order valence-corrected chi connectivity index (χ4v) is 2.33. The van der Waals surface area contributed by atoms with Crippen LogP contribution in [0.15, 0.2) is 53.3 Å². The number of esters is 1. The van der Waals surface area contributed by atoms with Crippen LogP contribution in [-0.2, 0) is 9.53 Å². The molecule has 0 amide bonds. The minimum atomic E-state index is -0.517. The number of oxazole rings is 1. The zero-order valence-electron chi connectivity index (χ0n) is 11.4. The number of nitrogens with two attached hydrogens (primary N) is 1. The molecule has 0 fully saturated rings. The molecule has 21 heavy (non-hydrogen) atoms. The first-order valence-electron chi connectivity index (χ1n) is 6.45. The molecule has 0 bridgehead atoms. The third-order valence-electron chi connectivity index (χ3n) is 3.39. The molecule has 3 rings (SSSR count). The number of hydrogen-bond acceptors (Lipinski definition) is 5. The Morgan fingerprint density at radius 1 is 1.19 bits per heavy atom. The van der Waals surface area contributed by atoms with Gasteiger partial charge in [-0.05, 0) is 35.4 Å². The number of rotatable bonds is 3. The molecule has 5 nitrogen and oxygen atoms in total. The topological polar surface area (TPSA) is 78.4 Å². The maximum atomic E-state index is 12.2. The van der Waals surface area contributed by atoms with Gasteiger partial charge in [0.1, 0.15) is 11.4 Å². The molecule has 1 heterocycles. The number of carbonyl (C=O) groups is 1. The van der Waals surface area contributed by atoms with E-state index in [2.05, 4.69) is 4.98 Å². The highest BCUT2D eigenvalue weighted by molar-refractivity contribution is 5.84. The Morgan fingerprint density at radius 2 is 1.90 bits per heavy atom. The van der Waals surface area contributed by atoms with E-state index < -0.39 is 5.92 Å². The first-order valence-corrected chi connectivity index (χ1v) is 6.45. The van der Waals surface area contributed by atoms with Crippen LogP contribution < -0.4 is 5.73 Å². The van der Waals surface area contributed by atoms with Crippen molar-refractivity contribution in [3.8, 4) is 0 Å². The molecule has 106 valence electrons. The van der Waals surface area contributed by atoms with Gasteiger partial charge in [-0.2, -0.15) is 0 Å². The molecule has 1 aromatic heterocycles. The summed E-state index contributed by atoms with van der Waals surface area (Å²) in [5.74, 6) is -0.848. The third kappa shape index (κ3) is 2.45. The maximum Gasteiger partial charge on any atom is 0.317 e. The Hall–Kier alpha value is -2.82. The monoisotopic (exact) mass is 282 g/mol. The molecule has 1 unspecified atom stereocenters. The molecule has 0 aliphatic carbocycles. The van der Waals surface area contributed by atoms with Crippen molar-refractivity contribution in [3.05, 3.63) is 60.0 Å². The summed E-state index contributed by atoms with van der Waals surface area (Å²) in [4.78, 5) is 16.3. The van der Waals surface area contributed by atoms with Crippen molar-refractivity contribution in [1.29, 1.82) is 0 Å². The lowest BCUT2D eigenvalue weighted by atomic mass is 9.91. The van der Waals surface area contributed by atoms with Gasteiger partial charge in [-0.15, -0.1) is 0 Å². The highest BCUT2D eigenvalue weighted by atomic mass is 16.5. The summed E-state index contributed by atoms with van der Waals surface area (Å²) in [6.07, 6.45) is 1.38. The average Bonchev–Trinajstić information content (AvgIpc) is 2.97. The van der Waals surface area contributed by atoms with Crippen molar-refractivity contribution < 1.29 is 13.9 Å². The standard InChI is InChI=1S/C16H14N2O3/c1-20-16(19)15(10-2-5-12(17)6-3-10)11-4-7-14-13(8-11)18-9-21-14/h2-9,15H,17H2,1H3. The predicted octanol–water partition coefficient (Wildman–Crippen LogP) is 2.71. The van der Waals surface area contributed by atoms with E-state index >= 15 is 0 Å². The lowest BCUT2D eigenvalue weighted by Gasteiger charge is -2.15. The van der Waals surface area contributed by atoms with Gasteiger partial charge >= 0.3 is 5.97 Å². The molecule has 0 aliphatic heterocycles. The van der Waals surface area contributed by atoms with E-state index in [0.29, 0.717) is 16.8 Å². The fourth-order valence-electron chi connectivity index (χ4n) is 2.33. The van der Waals surface area contributed by atoms with Crippen LogP contribution in [0.2, 0.25) is 0 Å². The lowest BCUT2D eigenvalue weighted by molar-refractivity contribution is -0.141. The fraction of sp³-hybridized carbons (Fsp3) is 0.125. The average molecular weight is 282 g/mol. The lowest BCUT2D eigenvalue weighted by Crippen LogP contribution is -2.15. The van der Waals surface area contributed by atoms with Crippen molar-refractivity contribution >= 4 is 22.8 Å². The Balaban J connectivity index is 2.10. The number of hydrogen-bond donors (Lipinski definition) is 1. The number of nitrogen functional groups attached to an aromatic ring is 1. The van der Waals surface area contributed by atoms with Crippen molar-refractivity contribution in [2.45, 2.75) is 5.92 Å². The van der Waals surface area contributed by atoms with E-state index in [4.69, 9.17) is 14.9 Å². The van der Waals surface area contributed by atoms with Crippen LogP contribution in [0.25, 0.3) is 11.1 Å². The molecule has 0 aliphatic rings. The highest BCUT2D eigenvalue weighted by Crippen LogP contribution is 2.29. The van der Waals surface area contributed by atoms with E-state index in [1.807, 2.05) is 24.3 Å². The van der Waals surface area contributed by atoms with Gasteiger partial charge in [0.25, 0.3) is 0 Å². The summed E-state index contributed by atoms with van der Waals surface area (Å²) in [7, 11) is 1.38. The Labute approximate surface area is 121 Å². The quantitative estimate of drug-likeness (QED) is 0.590. The van der Waals surface area contributed by atoms with Crippen LogP contribution in [0.4, 0.5) is 5.69 Å². The molecule has 2 N–H and O–H groups in total. The molecule has 0 saturated heterocycles. The first kappa shape index (κ1) is 13.2. The van der Waals surface area contributed by atoms with E-state index in [0.717, 1.165) is 11.1 Å². The van der Waals surface area contributed by atoms with Gasteiger partial charge in [-0.1, -0.05) is 18.2 Å². The van der Waals surface area contributed by atoms with E-state index in [1.165, 1.54) is 13.5 Å². The summed E-state index contributed by atoms with van der Waals surface area (Å²) < 4.78 is 10.1. The van der Waals surface area contributed by atoms with Gasteiger partial charge in [-0.3, -0.25) is 4.79 Å². The predicted molar refractivity (Wildman–Crippen MR) is 78.7 cm³/mol. The summed E-state index contributed by atoms with van der Waals surface area (Å²) >= 11 is 0. The third-order valence-corrected chi connectivity index (χ3v) is 3.39. The van der Waals surface area contributed by atoms with E-state index in [9.17, 15) is 4.79 Å². The van der Waals surface area contributed by atoms with E-state index in [1.54, 1.807) is 18.2 Å². The second-order valence-electron chi connectivity index (χ2n) is 4.70. The molecule has 3 aromatic rings. The number of carbonyl (C=O) groups excluding carboxylic acids is 1. The highest BCUT2D eigenvalue weighted by Gasteiger charge is 2.24. The summed E-state index contributed by atoms with van der Waals surface area (Å²) in [6, 6.07) is 12.6. The van der Waals surface area contributed by atoms with Gasteiger partial charge < -0.3 is 14.9 Å². The minimum Gasteiger partial charge on any atom is -0.468 e. The first-order chi connectivity index (χ1) is 10.2. The van der Waals surface area contributed by atoms with Crippen LogP contribution in [0.5, 0.6) is 0 Å². The van der Waals surface area contributed by atoms with Gasteiger partial charge in [0.2, 0.25) is 0 Å². The van der Waals surface area contributed by atoms with Crippen molar-refractivity contribution in [2.24, 2.45) is 0 Å². The smallest absolute Gasteiger partial charge is 0.317 e. The van der Waals surface area contributed by atoms with Crippen LogP contribution in [0.1, 0.15) is 17.0 Å². The number of nitrogens with zero attached hydrogens (tertiary/aromatic N) is 1. The number of fused-ring (bicyclic) bond motifs is 1. The summed E-state index contributed by atoms with van der Waals surface area (Å²) in [5.41, 5.74) is 9.35. The Bertz CT molecular complexity index is 778. The minimum absolute atomic E-state index is 0.331. The number of ether oxygens (including phenoxy) is 1. The second kappa shape index (κ2) is 5.28.